The van der Waals surface area contributed by atoms with Gasteiger partial charge in [0, 0.05) is 36.4 Å². The van der Waals surface area contributed by atoms with E-state index in [1.54, 1.807) is 0 Å². The fourth-order valence-corrected chi connectivity index (χ4v) is 8.58. The first-order valence-electron chi connectivity index (χ1n) is 19.8. The molecule has 1 aromatic heterocycles. The number of hydrogen-bond acceptors (Lipinski definition) is 2. The molecule has 0 saturated heterocycles. The number of allylic oxidation sites excluding steroid dienone is 2. The van der Waals surface area contributed by atoms with Crippen LogP contribution in [0, 0.1) is 0 Å². The number of pyridine rings is 1. The number of unbranched alkanes of at least 4 members (excludes halogenated alkanes) is 13. The molecule has 0 aliphatic carbocycles. The lowest BCUT2D eigenvalue weighted by atomic mass is 10.0. The maximum atomic E-state index is 2.55. The average Bonchev–Trinajstić information content (AvgIpc) is 3.48. The minimum atomic E-state index is 0. The van der Waals surface area contributed by atoms with Gasteiger partial charge in [0.25, 0.3) is 0 Å². The molecular weight excluding hydrogens is 762 g/mol. The van der Waals surface area contributed by atoms with Crippen molar-refractivity contribution in [2.45, 2.75) is 135 Å². The van der Waals surface area contributed by atoms with E-state index in [1.165, 1.54) is 159 Å². The molecule has 0 atom stereocenters. The molecule has 0 saturated carbocycles. The lowest BCUT2D eigenvalue weighted by Crippen LogP contribution is -3.00. The summed E-state index contributed by atoms with van der Waals surface area (Å²) >= 11 is 1.91. The highest BCUT2D eigenvalue weighted by atomic mass is 79.9. The number of para-hydroxylation sites is 2. The van der Waals surface area contributed by atoms with Crippen molar-refractivity contribution in [3.63, 3.8) is 0 Å². The van der Waals surface area contributed by atoms with Crippen LogP contribution in [0.3, 0.4) is 0 Å². The smallest absolute Gasteiger partial charge is 0.213 e. The lowest BCUT2D eigenvalue weighted by molar-refractivity contribution is -0.923. The maximum absolute atomic E-state index is 2.55. The summed E-state index contributed by atoms with van der Waals surface area (Å²) in [6.45, 7) is 16.4. The van der Waals surface area contributed by atoms with Gasteiger partial charge in [-0.3, -0.25) is 0 Å². The number of aryl methyl sites for hydroxylation is 1. The lowest BCUT2D eigenvalue weighted by Gasteiger charge is -2.36. The first-order valence-corrected chi connectivity index (χ1v) is 20.7. The average molecular weight is 830 g/mol. The van der Waals surface area contributed by atoms with Crippen LogP contribution in [0.15, 0.2) is 82.9 Å². The molecule has 0 amide bonds. The van der Waals surface area contributed by atoms with Gasteiger partial charge in [-0.2, -0.15) is 4.57 Å². The first-order chi connectivity index (χ1) is 23.6. The molecule has 1 aliphatic heterocycles. The van der Waals surface area contributed by atoms with Crippen LogP contribution in [0.2, 0.25) is 0 Å². The predicted octanol–water partition coefficient (Wildman–Crippen LogP) is 6.35. The van der Waals surface area contributed by atoms with Gasteiger partial charge in [-0.05, 0) is 57.0 Å². The highest BCUT2D eigenvalue weighted by molar-refractivity contribution is 8.03. The van der Waals surface area contributed by atoms with Crippen LogP contribution >= 0.6 is 11.8 Å². The quantitative estimate of drug-likeness (QED) is 0.0591. The molecule has 0 radical (unpaired) electrons. The van der Waals surface area contributed by atoms with Gasteiger partial charge in [0.05, 0.1) is 42.3 Å². The van der Waals surface area contributed by atoms with E-state index >= 15 is 0 Å². The molecule has 50 heavy (non-hydrogen) atoms. The van der Waals surface area contributed by atoms with E-state index in [2.05, 4.69) is 116 Å². The topological polar surface area (TPSA) is 7.12 Å². The van der Waals surface area contributed by atoms with Crippen LogP contribution in [0.25, 0.3) is 17.0 Å². The third-order valence-corrected chi connectivity index (χ3v) is 12.0. The number of hydrogen-bond donors (Lipinski definition) is 0. The highest BCUT2D eigenvalue weighted by Gasteiger charge is 2.26. The van der Waals surface area contributed by atoms with E-state index in [0.717, 1.165) is 13.1 Å². The van der Waals surface area contributed by atoms with Crippen molar-refractivity contribution in [1.29, 1.82) is 0 Å². The largest absolute Gasteiger partial charge is 1.00 e. The number of anilines is 1. The molecule has 278 valence electrons. The number of halogens is 2. The van der Waals surface area contributed by atoms with E-state index in [9.17, 15) is 0 Å². The Morgan fingerprint density at radius 1 is 0.660 bits per heavy atom. The minimum absolute atomic E-state index is 0. The van der Waals surface area contributed by atoms with Gasteiger partial charge < -0.3 is 43.3 Å². The van der Waals surface area contributed by atoms with Gasteiger partial charge >= 0.3 is 0 Å². The van der Waals surface area contributed by atoms with E-state index < -0.39 is 0 Å². The van der Waals surface area contributed by atoms with Gasteiger partial charge in [0.15, 0.2) is 6.20 Å². The van der Waals surface area contributed by atoms with E-state index in [-0.39, 0.29) is 34.0 Å². The van der Waals surface area contributed by atoms with Gasteiger partial charge in [-0.15, -0.1) is 0 Å². The van der Waals surface area contributed by atoms with Crippen LogP contribution in [0.1, 0.15) is 130 Å². The van der Waals surface area contributed by atoms with Crippen LogP contribution in [-0.2, 0) is 6.54 Å². The Morgan fingerprint density at radius 3 is 1.88 bits per heavy atom. The number of nitrogens with zero attached hydrogens (tertiary/aromatic N) is 3. The molecule has 0 spiro atoms. The Hall–Kier alpha value is -1.60. The summed E-state index contributed by atoms with van der Waals surface area (Å²) in [6, 6.07) is 20.2. The molecule has 2 heterocycles. The number of rotatable bonds is 24. The molecule has 3 aromatic rings. The highest BCUT2D eigenvalue weighted by Crippen LogP contribution is 2.45. The summed E-state index contributed by atoms with van der Waals surface area (Å²) < 4.78 is 3.68. The van der Waals surface area contributed by atoms with E-state index in [1.807, 2.05) is 11.8 Å². The molecule has 0 N–H and O–H groups in total. The standard InChI is InChI=1S/C44H67N3S.2BrH/c1-5-9-10-11-12-13-14-15-16-17-18-19-20-25-35-45-37-34-39(40-29-21-22-30-41(40)45)28-26-33-44-46(42-31-23-24-32-43(42)48-44)36-27-38-47(6-2,7-3)8-4;;/h21-24,26,28-34,37H,5-20,25,27,35-36,38H2,1-4H3;2*1H/q+2;;/p-2. The third-order valence-electron chi connectivity index (χ3n) is 10.9. The van der Waals surface area contributed by atoms with Crippen molar-refractivity contribution in [3.05, 3.63) is 83.5 Å². The van der Waals surface area contributed by atoms with Crippen LogP contribution < -0.4 is 43.4 Å². The number of fused-ring (bicyclic) bond motifs is 2. The number of aromatic nitrogens is 1. The summed E-state index contributed by atoms with van der Waals surface area (Å²) in [5.41, 5.74) is 4.00. The van der Waals surface area contributed by atoms with Crippen molar-refractivity contribution in [2.24, 2.45) is 0 Å². The van der Waals surface area contributed by atoms with Crippen LogP contribution in [-0.4, -0.2) is 37.2 Å². The Bertz CT molecular complexity index is 1410. The number of thioether (sulfide) groups is 1. The van der Waals surface area contributed by atoms with Crippen molar-refractivity contribution in [1.82, 2.24) is 0 Å². The van der Waals surface area contributed by atoms with Gasteiger partial charge in [0.1, 0.15) is 6.54 Å². The maximum Gasteiger partial charge on any atom is 0.213 e. The van der Waals surface area contributed by atoms with Crippen molar-refractivity contribution in [2.75, 3.05) is 37.6 Å². The summed E-state index contributed by atoms with van der Waals surface area (Å²) in [5, 5.41) is 2.68. The molecule has 0 fully saturated rings. The summed E-state index contributed by atoms with van der Waals surface area (Å²) in [6.07, 6.45) is 30.1. The Morgan fingerprint density at radius 2 is 1.24 bits per heavy atom. The molecular formula is C44H67Br2N3S. The Kier molecular flexibility index (Phi) is 22.6. The second-order valence-corrected chi connectivity index (χ2v) is 15.1. The fraction of sp³-hybridized carbons (Fsp3) is 0.568. The fourth-order valence-electron chi connectivity index (χ4n) is 7.48. The summed E-state index contributed by atoms with van der Waals surface area (Å²) in [7, 11) is 0. The second-order valence-electron chi connectivity index (χ2n) is 14.0. The van der Waals surface area contributed by atoms with E-state index in [0.29, 0.717) is 0 Å². The van der Waals surface area contributed by atoms with Gasteiger partial charge in [0.2, 0.25) is 5.52 Å². The van der Waals surface area contributed by atoms with Gasteiger partial charge in [-0.25, -0.2) is 0 Å². The minimum Gasteiger partial charge on any atom is -1.00 e. The molecule has 0 unspecified atom stereocenters. The zero-order valence-electron chi connectivity index (χ0n) is 31.9. The SMILES string of the molecule is CCCCCCCCCCCCCCCC[n+]1ccc(C=CC=C2Sc3ccccc3N2CCC[N+](CC)(CC)CC)c2ccccc21.[Br-].[Br-]. The molecule has 1 aliphatic rings. The number of quaternary nitrogens is 1. The predicted molar refractivity (Wildman–Crippen MR) is 213 cm³/mol. The molecule has 2 aromatic carbocycles. The van der Waals surface area contributed by atoms with Crippen molar-refractivity contribution >= 4 is 34.4 Å². The normalized spacial score (nSPS) is 13.6. The molecule has 0 bridgehead atoms. The summed E-state index contributed by atoms with van der Waals surface area (Å²) in [4.78, 5) is 3.92. The van der Waals surface area contributed by atoms with Crippen LogP contribution in [0.4, 0.5) is 5.69 Å². The Labute approximate surface area is 332 Å². The third kappa shape index (κ3) is 13.7. The number of benzene rings is 2. The zero-order valence-corrected chi connectivity index (χ0v) is 35.8. The monoisotopic (exact) mass is 827 g/mol. The first kappa shape index (κ1) is 44.6. The molecule has 4 rings (SSSR count). The Balaban J connectivity index is 0.00000433. The molecule has 3 nitrogen and oxygen atoms in total. The van der Waals surface area contributed by atoms with Crippen molar-refractivity contribution in [3.8, 4) is 0 Å². The molecule has 6 heteroatoms. The second kappa shape index (κ2) is 25.4. The van der Waals surface area contributed by atoms with Crippen molar-refractivity contribution < 1.29 is 43.0 Å². The summed E-state index contributed by atoms with van der Waals surface area (Å²) in [5.74, 6) is 0. The van der Waals surface area contributed by atoms with Gasteiger partial charge in [-0.1, -0.05) is 132 Å². The van der Waals surface area contributed by atoms with Crippen LogP contribution in [0.5, 0.6) is 0 Å². The van der Waals surface area contributed by atoms with E-state index in [4.69, 9.17) is 0 Å². The zero-order chi connectivity index (χ0) is 33.9.